The van der Waals surface area contributed by atoms with Crippen LogP contribution in [0.4, 0.5) is 5.82 Å². The first-order valence-electron chi connectivity index (χ1n) is 7.90. The molecule has 2 aliphatic rings. The summed E-state index contributed by atoms with van der Waals surface area (Å²) in [4.78, 5) is 7.32. The highest BCUT2D eigenvalue weighted by Gasteiger charge is 2.38. The molecule has 1 aromatic rings. The van der Waals surface area contributed by atoms with Gasteiger partial charge < -0.3 is 10.2 Å². The Kier molecular flexibility index (Phi) is 3.49. The highest BCUT2D eigenvalue weighted by atomic mass is 15.2. The average molecular weight is 273 g/mol. The molecule has 0 radical (unpaired) electrons. The first-order chi connectivity index (χ1) is 9.40. The van der Waals surface area contributed by atoms with E-state index in [1.807, 2.05) is 0 Å². The van der Waals surface area contributed by atoms with Gasteiger partial charge in [-0.15, -0.1) is 0 Å². The Labute approximate surface area is 122 Å². The van der Waals surface area contributed by atoms with Gasteiger partial charge in [-0.1, -0.05) is 0 Å². The van der Waals surface area contributed by atoms with Crippen LogP contribution in [0.1, 0.15) is 51.3 Å². The van der Waals surface area contributed by atoms with Gasteiger partial charge in [-0.3, -0.25) is 0 Å². The molecule has 0 amide bonds. The lowest BCUT2D eigenvalue weighted by atomic mass is 10.1. The summed E-state index contributed by atoms with van der Waals surface area (Å²) in [5.41, 5.74) is 2.64. The van der Waals surface area contributed by atoms with Crippen molar-refractivity contribution in [2.75, 3.05) is 11.4 Å². The summed E-state index contributed by atoms with van der Waals surface area (Å²) >= 11 is 0. The molecule has 1 aliphatic carbocycles. The molecule has 2 fully saturated rings. The molecule has 0 aromatic carbocycles. The van der Waals surface area contributed by atoms with E-state index in [1.165, 1.54) is 37.2 Å². The van der Waals surface area contributed by atoms with Gasteiger partial charge in [0.15, 0.2) is 0 Å². The Morgan fingerprint density at radius 1 is 1.30 bits per heavy atom. The number of nitrogens with zero attached hydrogens (tertiary/aromatic N) is 2. The number of aromatic nitrogens is 1. The van der Waals surface area contributed by atoms with Gasteiger partial charge in [0, 0.05) is 30.4 Å². The lowest BCUT2D eigenvalue weighted by molar-refractivity contribution is 0.424. The third-order valence-electron chi connectivity index (χ3n) is 4.53. The van der Waals surface area contributed by atoms with E-state index < -0.39 is 0 Å². The van der Waals surface area contributed by atoms with Crippen molar-refractivity contribution < 1.29 is 0 Å². The van der Waals surface area contributed by atoms with Crippen LogP contribution in [0.25, 0.3) is 0 Å². The predicted octanol–water partition coefficient (Wildman–Crippen LogP) is 3.27. The normalized spacial score (nSPS) is 25.5. The van der Waals surface area contributed by atoms with Crippen LogP contribution in [-0.4, -0.2) is 23.1 Å². The molecule has 2 bridgehead atoms. The van der Waals surface area contributed by atoms with Gasteiger partial charge in [-0.25, -0.2) is 4.98 Å². The van der Waals surface area contributed by atoms with Crippen LogP contribution in [0.2, 0.25) is 0 Å². The molecule has 3 heteroatoms. The summed E-state index contributed by atoms with van der Waals surface area (Å²) in [5, 5.41) is 3.57. The van der Waals surface area contributed by atoms with Crippen LogP contribution in [-0.2, 0) is 6.54 Å². The van der Waals surface area contributed by atoms with Crippen molar-refractivity contribution in [1.29, 1.82) is 0 Å². The maximum atomic E-state index is 4.78. The van der Waals surface area contributed by atoms with Crippen molar-refractivity contribution in [2.24, 2.45) is 5.92 Å². The van der Waals surface area contributed by atoms with E-state index in [9.17, 15) is 0 Å². The molecule has 20 heavy (non-hydrogen) atoms. The molecule has 2 unspecified atom stereocenters. The van der Waals surface area contributed by atoms with E-state index in [1.54, 1.807) is 0 Å². The van der Waals surface area contributed by atoms with Crippen molar-refractivity contribution in [1.82, 2.24) is 10.3 Å². The number of hydrogen-bond donors (Lipinski definition) is 1. The SMILES string of the molecule is Cc1cc(CNC(C)(C)C)cc(N2CC3CCC2C3)n1. The first kappa shape index (κ1) is 13.9. The van der Waals surface area contributed by atoms with E-state index in [4.69, 9.17) is 4.98 Å². The molecular weight excluding hydrogens is 246 g/mol. The zero-order valence-corrected chi connectivity index (χ0v) is 13.2. The van der Waals surface area contributed by atoms with Crippen molar-refractivity contribution >= 4 is 5.82 Å². The van der Waals surface area contributed by atoms with Gasteiger partial charge in [0.2, 0.25) is 0 Å². The maximum absolute atomic E-state index is 4.78. The van der Waals surface area contributed by atoms with Gasteiger partial charge in [-0.2, -0.15) is 0 Å². The topological polar surface area (TPSA) is 28.2 Å². The summed E-state index contributed by atoms with van der Waals surface area (Å²) in [5.74, 6) is 2.11. The van der Waals surface area contributed by atoms with Crippen LogP contribution >= 0.6 is 0 Å². The van der Waals surface area contributed by atoms with Crippen molar-refractivity contribution in [2.45, 2.75) is 65.1 Å². The van der Waals surface area contributed by atoms with Crippen molar-refractivity contribution in [3.63, 3.8) is 0 Å². The summed E-state index contributed by atoms with van der Waals surface area (Å²) in [6, 6.07) is 5.24. The Morgan fingerprint density at radius 3 is 2.70 bits per heavy atom. The van der Waals surface area contributed by atoms with E-state index in [0.717, 1.165) is 24.2 Å². The molecular formula is C17H27N3. The molecule has 1 saturated heterocycles. The highest BCUT2D eigenvalue weighted by molar-refractivity contribution is 5.46. The second-order valence-electron chi connectivity index (χ2n) is 7.56. The smallest absolute Gasteiger partial charge is 0.129 e. The minimum atomic E-state index is 0.157. The zero-order valence-electron chi connectivity index (χ0n) is 13.2. The molecule has 1 aliphatic heterocycles. The summed E-state index contributed by atoms with van der Waals surface area (Å²) in [7, 11) is 0. The highest BCUT2D eigenvalue weighted by Crippen LogP contribution is 2.39. The molecule has 3 nitrogen and oxygen atoms in total. The van der Waals surface area contributed by atoms with Gasteiger partial charge >= 0.3 is 0 Å². The van der Waals surface area contributed by atoms with Crippen LogP contribution in [0.15, 0.2) is 12.1 Å². The molecule has 1 N–H and O–H groups in total. The third kappa shape index (κ3) is 2.98. The van der Waals surface area contributed by atoms with E-state index in [-0.39, 0.29) is 5.54 Å². The Morgan fingerprint density at radius 2 is 2.10 bits per heavy atom. The molecule has 2 atom stereocenters. The minimum absolute atomic E-state index is 0.157. The molecule has 2 heterocycles. The molecule has 1 saturated carbocycles. The van der Waals surface area contributed by atoms with Crippen molar-refractivity contribution in [3.05, 3.63) is 23.4 Å². The molecule has 3 rings (SSSR count). The van der Waals surface area contributed by atoms with Gasteiger partial charge in [0.1, 0.15) is 5.82 Å². The average Bonchev–Trinajstić information content (AvgIpc) is 2.97. The molecule has 0 spiro atoms. The number of anilines is 1. The summed E-state index contributed by atoms with van der Waals surface area (Å²) in [6.45, 7) is 10.9. The lowest BCUT2D eigenvalue weighted by Gasteiger charge is -2.29. The second-order valence-corrected chi connectivity index (χ2v) is 7.56. The largest absolute Gasteiger partial charge is 0.353 e. The molecule has 1 aromatic heterocycles. The van der Waals surface area contributed by atoms with Gasteiger partial charge in [0.25, 0.3) is 0 Å². The number of piperidine rings is 1. The summed E-state index contributed by atoms with van der Waals surface area (Å²) < 4.78 is 0. The quantitative estimate of drug-likeness (QED) is 0.916. The lowest BCUT2D eigenvalue weighted by Crippen LogP contribution is -2.35. The Bertz CT molecular complexity index is 489. The first-order valence-corrected chi connectivity index (χ1v) is 7.90. The van der Waals surface area contributed by atoms with E-state index in [0.29, 0.717) is 0 Å². The number of fused-ring (bicyclic) bond motifs is 2. The maximum Gasteiger partial charge on any atom is 0.129 e. The number of nitrogens with one attached hydrogen (secondary N) is 1. The zero-order chi connectivity index (χ0) is 14.3. The van der Waals surface area contributed by atoms with Gasteiger partial charge in [0.05, 0.1) is 0 Å². The minimum Gasteiger partial charge on any atom is -0.353 e. The van der Waals surface area contributed by atoms with E-state index in [2.05, 4.69) is 50.0 Å². The second kappa shape index (κ2) is 5.03. The fourth-order valence-corrected chi connectivity index (χ4v) is 3.54. The Balaban J connectivity index is 1.77. The predicted molar refractivity (Wildman–Crippen MR) is 84.0 cm³/mol. The fraction of sp³-hybridized carbons (Fsp3) is 0.706. The van der Waals surface area contributed by atoms with E-state index >= 15 is 0 Å². The number of hydrogen-bond acceptors (Lipinski definition) is 3. The van der Waals surface area contributed by atoms with Gasteiger partial charge in [-0.05, 0) is 70.6 Å². The number of pyridine rings is 1. The van der Waals surface area contributed by atoms with Crippen LogP contribution in [0, 0.1) is 12.8 Å². The van der Waals surface area contributed by atoms with Crippen LogP contribution in [0.3, 0.4) is 0 Å². The monoisotopic (exact) mass is 273 g/mol. The van der Waals surface area contributed by atoms with Crippen molar-refractivity contribution in [3.8, 4) is 0 Å². The Hall–Kier alpha value is -1.09. The number of aryl methyl sites for hydroxylation is 1. The number of rotatable bonds is 3. The van der Waals surface area contributed by atoms with Crippen LogP contribution < -0.4 is 10.2 Å². The third-order valence-corrected chi connectivity index (χ3v) is 4.53. The van der Waals surface area contributed by atoms with Crippen LogP contribution in [0.5, 0.6) is 0 Å². The fourth-order valence-electron chi connectivity index (χ4n) is 3.54. The molecule has 110 valence electrons. The summed E-state index contributed by atoms with van der Waals surface area (Å²) in [6.07, 6.45) is 4.16. The standard InChI is InChI=1S/C17H27N3/c1-12-7-14(10-18-17(2,3)4)9-16(19-12)20-11-13-5-6-15(20)8-13/h7,9,13,15,18H,5-6,8,10-11H2,1-4H3.